The number of nitrogens with zero attached hydrogens (tertiary/aromatic N) is 4. The van der Waals surface area contributed by atoms with E-state index in [9.17, 15) is 0 Å². The summed E-state index contributed by atoms with van der Waals surface area (Å²) in [5.74, 6) is 1.00. The van der Waals surface area contributed by atoms with Crippen molar-refractivity contribution in [3.05, 3.63) is 28.2 Å². The molecule has 1 aromatic heterocycles. The summed E-state index contributed by atoms with van der Waals surface area (Å²) in [4.78, 5) is 15.2. The Hall–Kier alpha value is -1.40. The van der Waals surface area contributed by atoms with E-state index in [2.05, 4.69) is 44.2 Å². The van der Waals surface area contributed by atoms with Crippen LogP contribution in [0.25, 0.3) is 0 Å². The van der Waals surface area contributed by atoms with Crippen LogP contribution in [0.1, 0.15) is 23.2 Å². The number of likely N-dealkylation sites (tertiary alicyclic amines) is 1. The molecule has 0 amide bonds. The zero-order valence-electron chi connectivity index (χ0n) is 13.5. The number of guanidine groups is 1. The third kappa shape index (κ3) is 3.50. The molecule has 1 atom stereocenters. The van der Waals surface area contributed by atoms with Crippen molar-refractivity contribution in [1.82, 2.24) is 20.1 Å². The minimum Gasteiger partial charge on any atom is -0.350 e. The molecule has 3 heterocycles. The van der Waals surface area contributed by atoms with E-state index in [0.29, 0.717) is 6.04 Å². The zero-order valence-corrected chi connectivity index (χ0v) is 14.3. The van der Waals surface area contributed by atoms with Crippen LogP contribution >= 0.6 is 11.3 Å². The quantitative estimate of drug-likeness (QED) is 0.521. The highest BCUT2D eigenvalue weighted by Crippen LogP contribution is 2.18. The van der Waals surface area contributed by atoms with Crippen molar-refractivity contribution in [3.8, 4) is 0 Å². The lowest BCUT2D eigenvalue weighted by Crippen LogP contribution is -2.42. The van der Waals surface area contributed by atoms with Gasteiger partial charge in [0.05, 0.1) is 6.54 Å². The maximum absolute atomic E-state index is 4.46. The van der Waals surface area contributed by atoms with Crippen molar-refractivity contribution in [2.24, 2.45) is 4.99 Å². The number of thiazole rings is 1. The molecule has 5 nitrogen and oxygen atoms in total. The molecule has 0 bridgehead atoms. The molecule has 120 valence electrons. The maximum Gasteiger partial charge on any atom is 0.194 e. The van der Waals surface area contributed by atoms with Gasteiger partial charge in [-0.05, 0) is 12.8 Å². The fourth-order valence-corrected chi connectivity index (χ4v) is 3.91. The van der Waals surface area contributed by atoms with Gasteiger partial charge in [-0.15, -0.1) is 11.3 Å². The molecule has 2 aliphatic heterocycles. The fraction of sp³-hybridized carbons (Fsp3) is 0.625. The Kier molecular flexibility index (Phi) is 5.10. The summed E-state index contributed by atoms with van der Waals surface area (Å²) in [6, 6.07) is 0.653. The van der Waals surface area contributed by atoms with Gasteiger partial charge in [-0.1, -0.05) is 19.1 Å². The molecular formula is C16H25N5S. The molecule has 0 saturated carbocycles. The molecule has 1 saturated heterocycles. The van der Waals surface area contributed by atoms with Crippen molar-refractivity contribution >= 4 is 17.3 Å². The van der Waals surface area contributed by atoms with Gasteiger partial charge >= 0.3 is 0 Å². The van der Waals surface area contributed by atoms with Crippen molar-refractivity contribution in [3.63, 3.8) is 0 Å². The molecule has 0 radical (unpaired) electrons. The van der Waals surface area contributed by atoms with Crippen LogP contribution in [0.15, 0.2) is 23.3 Å². The first-order valence-corrected chi connectivity index (χ1v) is 8.90. The van der Waals surface area contributed by atoms with Crippen LogP contribution in [0.5, 0.6) is 0 Å². The molecule has 0 aliphatic carbocycles. The Bertz CT molecular complexity index is 542. The summed E-state index contributed by atoms with van der Waals surface area (Å²) in [6.07, 6.45) is 8.80. The number of aliphatic imine (C=N–C) groups is 1. The van der Waals surface area contributed by atoms with Crippen LogP contribution in [0.4, 0.5) is 0 Å². The smallest absolute Gasteiger partial charge is 0.194 e. The Morgan fingerprint density at radius 3 is 2.95 bits per heavy atom. The molecular weight excluding hydrogens is 294 g/mol. The topological polar surface area (TPSA) is 43.8 Å². The Balaban J connectivity index is 1.51. The lowest BCUT2D eigenvalue weighted by atomic mass is 10.2. The first kappa shape index (κ1) is 15.5. The number of hydrogen-bond donors (Lipinski definition) is 1. The molecule has 1 unspecified atom stereocenters. The van der Waals surface area contributed by atoms with Gasteiger partial charge in [0.15, 0.2) is 5.96 Å². The van der Waals surface area contributed by atoms with Gasteiger partial charge in [-0.2, -0.15) is 0 Å². The summed E-state index contributed by atoms with van der Waals surface area (Å²) >= 11 is 1.79. The molecule has 22 heavy (non-hydrogen) atoms. The van der Waals surface area contributed by atoms with E-state index in [1.165, 1.54) is 11.3 Å². The van der Waals surface area contributed by atoms with E-state index in [1.807, 2.05) is 13.2 Å². The molecule has 1 N–H and O–H groups in total. The largest absolute Gasteiger partial charge is 0.350 e. The molecule has 2 aliphatic rings. The molecule has 1 aromatic rings. The third-order valence-corrected chi connectivity index (χ3v) is 5.53. The first-order valence-electron chi connectivity index (χ1n) is 8.08. The number of aromatic nitrogens is 1. The molecule has 0 aromatic carbocycles. The average molecular weight is 319 g/mol. The number of rotatable bonds is 4. The van der Waals surface area contributed by atoms with Crippen LogP contribution < -0.4 is 5.32 Å². The van der Waals surface area contributed by atoms with E-state index < -0.39 is 0 Å². The van der Waals surface area contributed by atoms with Gasteiger partial charge in [0.2, 0.25) is 0 Å². The van der Waals surface area contributed by atoms with Gasteiger partial charge in [0.25, 0.3) is 0 Å². The highest BCUT2D eigenvalue weighted by atomic mass is 32.1. The average Bonchev–Trinajstić information content (AvgIpc) is 3.28. The lowest BCUT2D eigenvalue weighted by Gasteiger charge is -2.25. The summed E-state index contributed by atoms with van der Waals surface area (Å²) in [7, 11) is 1.87. The Morgan fingerprint density at radius 1 is 1.45 bits per heavy atom. The number of hydrogen-bond acceptors (Lipinski definition) is 4. The highest BCUT2D eigenvalue weighted by molar-refractivity contribution is 7.11. The minimum absolute atomic E-state index is 0.653. The van der Waals surface area contributed by atoms with Gasteiger partial charge in [0.1, 0.15) is 5.01 Å². The van der Waals surface area contributed by atoms with Crippen molar-refractivity contribution < 1.29 is 0 Å². The number of aryl methyl sites for hydroxylation is 1. The van der Waals surface area contributed by atoms with Crippen LogP contribution in [-0.2, 0) is 13.0 Å². The van der Waals surface area contributed by atoms with Crippen LogP contribution in [0.3, 0.4) is 0 Å². The number of nitrogens with one attached hydrogen (secondary N) is 1. The Morgan fingerprint density at radius 2 is 2.27 bits per heavy atom. The zero-order chi connectivity index (χ0) is 15.4. The predicted molar refractivity (Wildman–Crippen MR) is 92.4 cm³/mol. The molecule has 3 rings (SSSR count). The third-order valence-electron chi connectivity index (χ3n) is 4.39. The van der Waals surface area contributed by atoms with E-state index >= 15 is 0 Å². The second kappa shape index (κ2) is 7.24. The Labute approximate surface area is 136 Å². The van der Waals surface area contributed by atoms with E-state index in [0.717, 1.165) is 50.1 Å². The predicted octanol–water partition coefficient (Wildman–Crippen LogP) is 1.73. The summed E-state index contributed by atoms with van der Waals surface area (Å²) in [6.45, 7) is 7.29. The summed E-state index contributed by atoms with van der Waals surface area (Å²) in [5, 5.41) is 4.60. The van der Waals surface area contributed by atoms with E-state index in [4.69, 9.17) is 0 Å². The lowest BCUT2D eigenvalue weighted by molar-refractivity contribution is 0.259. The molecule has 0 spiro atoms. The molecule has 1 fully saturated rings. The van der Waals surface area contributed by atoms with E-state index in [-0.39, 0.29) is 0 Å². The van der Waals surface area contributed by atoms with Crippen LogP contribution in [0, 0.1) is 0 Å². The normalized spacial score (nSPS) is 22.7. The summed E-state index contributed by atoms with van der Waals surface area (Å²) < 4.78 is 0. The second-order valence-corrected chi connectivity index (χ2v) is 6.99. The van der Waals surface area contributed by atoms with Crippen molar-refractivity contribution in [2.75, 3.05) is 33.2 Å². The van der Waals surface area contributed by atoms with Crippen LogP contribution in [-0.4, -0.2) is 60.0 Å². The second-order valence-electron chi connectivity index (χ2n) is 5.79. The monoisotopic (exact) mass is 319 g/mol. The van der Waals surface area contributed by atoms with Gasteiger partial charge in [-0.3, -0.25) is 9.89 Å². The standard InChI is InChI=1S/C16H25N5S/c1-3-14-10-18-15(22-14)11-19-16(17-2)21-9-6-13(12-21)20-7-4-5-8-20/h4-5,10,13H,3,6-9,11-12H2,1-2H3,(H,17,19). The van der Waals surface area contributed by atoms with Crippen molar-refractivity contribution in [1.29, 1.82) is 0 Å². The fourth-order valence-electron chi connectivity index (χ4n) is 3.10. The van der Waals surface area contributed by atoms with Gasteiger partial charge in [-0.25, -0.2) is 4.98 Å². The summed E-state index contributed by atoms with van der Waals surface area (Å²) in [5.41, 5.74) is 0. The van der Waals surface area contributed by atoms with Gasteiger partial charge < -0.3 is 10.2 Å². The van der Waals surface area contributed by atoms with Crippen LogP contribution in [0.2, 0.25) is 0 Å². The maximum atomic E-state index is 4.46. The molecule has 6 heteroatoms. The SMILES string of the molecule is CCc1cnc(CNC(=NC)N2CCC(N3CC=CC3)C2)s1. The minimum atomic E-state index is 0.653. The first-order chi connectivity index (χ1) is 10.8. The van der Waals surface area contributed by atoms with E-state index in [1.54, 1.807) is 11.3 Å². The highest BCUT2D eigenvalue weighted by Gasteiger charge is 2.29. The van der Waals surface area contributed by atoms with Gasteiger partial charge in [0, 0.05) is 50.3 Å². The van der Waals surface area contributed by atoms with Crippen molar-refractivity contribution in [2.45, 2.75) is 32.4 Å².